The van der Waals surface area contributed by atoms with Crippen molar-refractivity contribution in [3.63, 3.8) is 0 Å². The van der Waals surface area contributed by atoms with Crippen molar-refractivity contribution in [2.75, 3.05) is 12.0 Å². The first-order chi connectivity index (χ1) is 8.02. The number of hydrogen-bond acceptors (Lipinski definition) is 3. The molecule has 0 aromatic carbocycles. The lowest BCUT2D eigenvalue weighted by molar-refractivity contribution is -0.151. The van der Waals surface area contributed by atoms with Crippen molar-refractivity contribution in [2.45, 2.75) is 51.7 Å². The van der Waals surface area contributed by atoms with Gasteiger partial charge in [0.05, 0.1) is 0 Å². The van der Waals surface area contributed by atoms with Crippen LogP contribution in [0.5, 0.6) is 0 Å². The van der Waals surface area contributed by atoms with E-state index in [0.29, 0.717) is 6.42 Å². The topological polar surface area (TPSA) is 49.4 Å². The average molecular weight is 258 g/mol. The number of carbonyl (C=O) groups is 2. The van der Waals surface area contributed by atoms with Crippen LogP contribution in [0, 0.1) is 0 Å². The second-order valence-electron chi connectivity index (χ2n) is 4.52. The van der Waals surface area contributed by atoms with E-state index in [2.05, 4.69) is 11.6 Å². The fraction of sp³-hybridized carbons (Fsp3) is 0.833. The highest BCUT2D eigenvalue weighted by molar-refractivity contribution is 7.98. The molecule has 0 aliphatic carbocycles. The number of rotatable bonds is 5. The molecule has 0 saturated carbocycles. The van der Waals surface area contributed by atoms with Crippen molar-refractivity contribution in [1.29, 1.82) is 0 Å². The first kappa shape index (κ1) is 14.4. The van der Waals surface area contributed by atoms with Crippen LogP contribution in [-0.2, 0) is 9.59 Å². The van der Waals surface area contributed by atoms with E-state index in [0.717, 1.165) is 12.2 Å². The molecule has 1 aliphatic heterocycles. The largest absolute Gasteiger partial charge is 0.343 e. The molecule has 98 valence electrons. The Balaban J connectivity index is 2.77. The van der Waals surface area contributed by atoms with Gasteiger partial charge in [-0.1, -0.05) is 6.92 Å². The third kappa shape index (κ3) is 3.15. The molecule has 1 fully saturated rings. The van der Waals surface area contributed by atoms with Crippen molar-refractivity contribution in [2.24, 2.45) is 0 Å². The number of piperazine rings is 1. The van der Waals surface area contributed by atoms with Crippen LogP contribution in [0.15, 0.2) is 0 Å². The molecule has 0 spiro atoms. The Morgan fingerprint density at radius 3 is 2.65 bits per heavy atom. The molecule has 0 bridgehead atoms. The lowest BCUT2D eigenvalue weighted by Crippen LogP contribution is -2.64. The van der Waals surface area contributed by atoms with Gasteiger partial charge in [-0.2, -0.15) is 11.8 Å². The molecule has 1 aliphatic rings. The third-order valence-electron chi connectivity index (χ3n) is 3.29. The van der Waals surface area contributed by atoms with Crippen molar-refractivity contribution in [1.82, 2.24) is 10.2 Å². The van der Waals surface area contributed by atoms with E-state index < -0.39 is 0 Å². The van der Waals surface area contributed by atoms with Gasteiger partial charge < -0.3 is 10.2 Å². The van der Waals surface area contributed by atoms with E-state index >= 15 is 0 Å². The van der Waals surface area contributed by atoms with Crippen molar-refractivity contribution in [3.8, 4) is 0 Å². The van der Waals surface area contributed by atoms with Crippen molar-refractivity contribution < 1.29 is 9.59 Å². The summed E-state index contributed by atoms with van der Waals surface area (Å²) in [7, 11) is 0. The minimum Gasteiger partial charge on any atom is -0.343 e. The Hall–Kier alpha value is -0.710. The van der Waals surface area contributed by atoms with Gasteiger partial charge in [0.15, 0.2) is 0 Å². The van der Waals surface area contributed by atoms with Gasteiger partial charge in [-0.25, -0.2) is 0 Å². The second-order valence-corrected chi connectivity index (χ2v) is 5.51. The summed E-state index contributed by atoms with van der Waals surface area (Å²) >= 11 is 1.77. The molecular weight excluding hydrogens is 236 g/mol. The number of nitrogens with zero attached hydrogens (tertiary/aromatic N) is 1. The van der Waals surface area contributed by atoms with Gasteiger partial charge in [-0.3, -0.25) is 9.59 Å². The number of amides is 2. The molecule has 17 heavy (non-hydrogen) atoms. The molecule has 3 unspecified atom stereocenters. The van der Waals surface area contributed by atoms with Crippen LogP contribution in [0.2, 0.25) is 0 Å². The van der Waals surface area contributed by atoms with Gasteiger partial charge in [0.2, 0.25) is 11.8 Å². The zero-order valence-electron chi connectivity index (χ0n) is 11.0. The van der Waals surface area contributed by atoms with E-state index in [1.54, 1.807) is 23.6 Å². The Morgan fingerprint density at radius 2 is 2.12 bits per heavy atom. The first-order valence-corrected chi connectivity index (χ1v) is 7.53. The highest BCUT2D eigenvalue weighted by Crippen LogP contribution is 2.18. The quantitative estimate of drug-likeness (QED) is 0.807. The lowest BCUT2D eigenvalue weighted by Gasteiger charge is -2.40. The average Bonchev–Trinajstić information content (AvgIpc) is 2.31. The SMILES string of the molecule is CCC1NC(=O)C(C)N(C(C)CCSC)C1=O. The minimum absolute atomic E-state index is 0.0348. The van der Waals surface area contributed by atoms with Gasteiger partial charge in [0.1, 0.15) is 12.1 Å². The summed E-state index contributed by atoms with van der Waals surface area (Å²) in [6.45, 7) is 5.74. The smallest absolute Gasteiger partial charge is 0.246 e. The van der Waals surface area contributed by atoms with E-state index in [1.807, 2.05) is 13.8 Å². The summed E-state index contributed by atoms with van der Waals surface area (Å²) in [6, 6.07) is -0.553. The maximum absolute atomic E-state index is 12.2. The number of hydrogen-bond donors (Lipinski definition) is 1. The number of thioether (sulfide) groups is 1. The van der Waals surface area contributed by atoms with Crippen molar-refractivity contribution >= 4 is 23.6 Å². The molecule has 0 aromatic rings. The molecule has 1 N–H and O–H groups in total. The summed E-state index contributed by atoms with van der Waals surface area (Å²) in [4.78, 5) is 25.8. The fourth-order valence-corrected chi connectivity index (χ4v) is 2.73. The normalized spacial score (nSPS) is 26.9. The van der Waals surface area contributed by atoms with E-state index in [-0.39, 0.29) is 29.9 Å². The van der Waals surface area contributed by atoms with Crippen LogP contribution in [0.4, 0.5) is 0 Å². The molecular formula is C12H22N2O2S. The molecule has 4 nitrogen and oxygen atoms in total. The number of carbonyl (C=O) groups excluding carboxylic acids is 2. The maximum Gasteiger partial charge on any atom is 0.246 e. The van der Waals surface area contributed by atoms with E-state index in [9.17, 15) is 9.59 Å². The van der Waals surface area contributed by atoms with Crippen LogP contribution < -0.4 is 5.32 Å². The van der Waals surface area contributed by atoms with Gasteiger partial charge in [-0.05, 0) is 38.7 Å². The summed E-state index contributed by atoms with van der Waals surface area (Å²) in [5.74, 6) is 1.04. The molecule has 1 saturated heterocycles. The summed E-state index contributed by atoms with van der Waals surface area (Å²) < 4.78 is 0. The Labute approximate surface area is 108 Å². The molecule has 1 heterocycles. The Morgan fingerprint density at radius 1 is 1.47 bits per heavy atom. The Bertz CT molecular complexity index is 296. The standard InChI is InChI=1S/C12H22N2O2S/c1-5-10-12(16)14(8(2)6-7-17-4)9(3)11(15)13-10/h8-10H,5-7H2,1-4H3,(H,13,15). The van der Waals surface area contributed by atoms with Gasteiger partial charge in [0, 0.05) is 6.04 Å². The highest BCUT2D eigenvalue weighted by atomic mass is 32.2. The summed E-state index contributed by atoms with van der Waals surface area (Å²) in [5.41, 5.74) is 0. The molecule has 1 rings (SSSR count). The van der Waals surface area contributed by atoms with Gasteiger partial charge in [0.25, 0.3) is 0 Å². The fourth-order valence-electron chi connectivity index (χ4n) is 2.15. The molecule has 2 amide bonds. The molecule has 0 aromatic heterocycles. The summed E-state index contributed by atoms with van der Waals surface area (Å²) in [5, 5.41) is 2.77. The van der Waals surface area contributed by atoms with E-state index in [4.69, 9.17) is 0 Å². The van der Waals surface area contributed by atoms with Gasteiger partial charge in [-0.15, -0.1) is 0 Å². The highest BCUT2D eigenvalue weighted by Gasteiger charge is 2.39. The second kappa shape index (κ2) is 6.28. The minimum atomic E-state index is -0.345. The van der Waals surface area contributed by atoms with Crippen LogP contribution >= 0.6 is 11.8 Å². The van der Waals surface area contributed by atoms with Crippen LogP contribution in [0.3, 0.4) is 0 Å². The predicted octanol–water partition coefficient (Wildman–Crippen LogP) is 1.25. The maximum atomic E-state index is 12.2. The zero-order valence-corrected chi connectivity index (χ0v) is 11.8. The molecule has 3 atom stereocenters. The monoisotopic (exact) mass is 258 g/mol. The van der Waals surface area contributed by atoms with Crippen LogP contribution in [0.25, 0.3) is 0 Å². The first-order valence-electron chi connectivity index (χ1n) is 6.14. The van der Waals surface area contributed by atoms with Crippen LogP contribution in [-0.4, -0.2) is 46.8 Å². The van der Waals surface area contributed by atoms with Gasteiger partial charge >= 0.3 is 0 Å². The molecule has 0 radical (unpaired) electrons. The lowest BCUT2D eigenvalue weighted by atomic mass is 10.0. The number of nitrogens with one attached hydrogen (secondary N) is 1. The summed E-state index contributed by atoms with van der Waals surface area (Å²) in [6.07, 6.45) is 3.64. The predicted molar refractivity (Wildman–Crippen MR) is 71.0 cm³/mol. The van der Waals surface area contributed by atoms with E-state index in [1.165, 1.54) is 0 Å². The van der Waals surface area contributed by atoms with Crippen molar-refractivity contribution in [3.05, 3.63) is 0 Å². The molecule has 5 heteroatoms. The zero-order chi connectivity index (χ0) is 13.0. The third-order valence-corrected chi connectivity index (χ3v) is 3.93. The van der Waals surface area contributed by atoms with Crippen LogP contribution in [0.1, 0.15) is 33.6 Å². The Kier molecular flexibility index (Phi) is 5.31.